The van der Waals surface area contributed by atoms with E-state index in [2.05, 4.69) is 5.32 Å². The van der Waals surface area contributed by atoms with E-state index in [1.54, 1.807) is 19.1 Å². The number of non-ortho nitro benzene ring substituents is 1. The van der Waals surface area contributed by atoms with Gasteiger partial charge in [-0.05, 0) is 30.2 Å². The summed E-state index contributed by atoms with van der Waals surface area (Å²) in [6.45, 7) is 1.11. The Bertz CT molecular complexity index is 989. The number of carbonyl (C=O) groups excluding carboxylic acids is 3. The summed E-state index contributed by atoms with van der Waals surface area (Å²) >= 11 is 0. The van der Waals surface area contributed by atoms with E-state index in [9.17, 15) is 28.9 Å². The zero-order chi connectivity index (χ0) is 19.7. The molecule has 3 amide bonds. The predicted octanol–water partition coefficient (Wildman–Crippen LogP) is 1.95. The molecule has 138 valence electrons. The van der Waals surface area contributed by atoms with Gasteiger partial charge in [-0.3, -0.25) is 29.4 Å². The third kappa shape index (κ3) is 3.52. The number of nitro groups is 1. The number of nitrogens with one attached hydrogen (secondary N) is 1. The topological polar surface area (TPSA) is 110 Å². The zero-order valence-corrected chi connectivity index (χ0v) is 14.2. The van der Waals surface area contributed by atoms with Crippen LogP contribution >= 0.6 is 0 Å². The summed E-state index contributed by atoms with van der Waals surface area (Å²) in [5.74, 6) is -2.47. The van der Waals surface area contributed by atoms with E-state index in [1.807, 2.05) is 0 Å². The SMILES string of the molecule is Cc1ccc(CNC(=O)CN2C(=O)c3ccc([N+](=O)[O-])cc3C2=O)cc1F. The maximum Gasteiger partial charge on any atom is 0.270 e. The fourth-order valence-electron chi connectivity index (χ4n) is 2.68. The third-order valence-electron chi connectivity index (χ3n) is 4.19. The van der Waals surface area contributed by atoms with E-state index in [-0.39, 0.29) is 23.4 Å². The standard InChI is InChI=1S/C18H14FN3O5/c1-10-2-3-11(6-15(10)19)8-20-16(23)9-21-17(24)13-5-4-12(22(26)27)7-14(13)18(21)25/h2-7H,8-9H2,1H3,(H,20,23). The Morgan fingerprint density at radius 3 is 2.52 bits per heavy atom. The maximum atomic E-state index is 13.5. The lowest BCUT2D eigenvalue weighted by Gasteiger charge is -2.13. The number of nitrogens with zero attached hydrogens (tertiary/aromatic N) is 2. The van der Waals surface area contributed by atoms with Crippen LogP contribution in [0.25, 0.3) is 0 Å². The maximum absolute atomic E-state index is 13.5. The molecule has 0 aliphatic carbocycles. The van der Waals surface area contributed by atoms with Crippen LogP contribution in [-0.2, 0) is 11.3 Å². The highest BCUT2D eigenvalue weighted by Gasteiger charge is 2.37. The molecule has 1 aliphatic rings. The van der Waals surface area contributed by atoms with Crippen LogP contribution in [0.15, 0.2) is 36.4 Å². The van der Waals surface area contributed by atoms with E-state index in [0.29, 0.717) is 11.1 Å². The fraction of sp³-hybridized carbons (Fsp3) is 0.167. The van der Waals surface area contributed by atoms with Gasteiger partial charge >= 0.3 is 0 Å². The minimum absolute atomic E-state index is 0.0130. The molecule has 1 aliphatic heterocycles. The summed E-state index contributed by atoms with van der Waals surface area (Å²) in [5.41, 5.74) is 0.596. The Morgan fingerprint density at radius 1 is 1.15 bits per heavy atom. The minimum Gasteiger partial charge on any atom is -0.350 e. The summed E-state index contributed by atoms with van der Waals surface area (Å²) in [6, 6.07) is 7.85. The second-order valence-electron chi connectivity index (χ2n) is 6.04. The van der Waals surface area contributed by atoms with Crippen molar-refractivity contribution in [2.45, 2.75) is 13.5 Å². The van der Waals surface area contributed by atoms with Crippen molar-refractivity contribution in [3.63, 3.8) is 0 Å². The highest BCUT2D eigenvalue weighted by Crippen LogP contribution is 2.26. The molecule has 1 N–H and O–H groups in total. The van der Waals surface area contributed by atoms with Gasteiger partial charge < -0.3 is 5.32 Å². The summed E-state index contributed by atoms with van der Waals surface area (Å²) in [6.07, 6.45) is 0. The number of carbonyl (C=O) groups is 3. The molecule has 0 unspecified atom stereocenters. The molecule has 0 radical (unpaired) electrons. The van der Waals surface area contributed by atoms with Crippen molar-refractivity contribution in [3.8, 4) is 0 Å². The molecule has 27 heavy (non-hydrogen) atoms. The number of imide groups is 1. The van der Waals surface area contributed by atoms with Gasteiger partial charge in [0.2, 0.25) is 5.91 Å². The molecule has 0 saturated carbocycles. The molecule has 9 heteroatoms. The van der Waals surface area contributed by atoms with Crippen molar-refractivity contribution < 1.29 is 23.7 Å². The summed E-state index contributed by atoms with van der Waals surface area (Å²) in [7, 11) is 0. The van der Waals surface area contributed by atoms with Crippen molar-refractivity contribution in [1.82, 2.24) is 10.2 Å². The monoisotopic (exact) mass is 371 g/mol. The van der Waals surface area contributed by atoms with Gasteiger partial charge in [0, 0.05) is 18.7 Å². The molecule has 1 heterocycles. The molecule has 8 nitrogen and oxygen atoms in total. The number of hydrogen-bond donors (Lipinski definition) is 1. The lowest BCUT2D eigenvalue weighted by Crippen LogP contribution is -2.40. The van der Waals surface area contributed by atoms with Gasteiger partial charge in [0.05, 0.1) is 16.1 Å². The van der Waals surface area contributed by atoms with Crippen LogP contribution < -0.4 is 5.32 Å². The van der Waals surface area contributed by atoms with Crippen molar-refractivity contribution in [3.05, 3.63) is 74.6 Å². The van der Waals surface area contributed by atoms with Crippen LogP contribution in [-0.4, -0.2) is 34.1 Å². The second kappa shape index (κ2) is 6.94. The number of amides is 3. The summed E-state index contributed by atoms with van der Waals surface area (Å²) < 4.78 is 13.5. The van der Waals surface area contributed by atoms with Crippen LogP contribution in [0.1, 0.15) is 31.8 Å². The first-order chi connectivity index (χ1) is 12.8. The number of fused-ring (bicyclic) bond motifs is 1. The van der Waals surface area contributed by atoms with Crippen LogP contribution in [0.2, 0.25) is 0 Å². The number of nitro benzene ring substituents is 1. The number of halogens is 1. The minimum atomic E-state index is -0.768. The normalized spacial score (nSPS) is 12.9. The summed E-state index contributed by atoms with van der Waals surface area (Å²) in [4.78, 5) is 47.6. The molecule has 0 spiro atoms. The van der Waals surface area contributed by atoms with Gasteiger partial charge in [0.15, 0.2) is 0 Å². The summed E-state index contributed by atoms with van der Waals surface area (Å²) in [5, 5.41) is 13.3. The Labute approximate surface area is 152 Å². The molecule has 0 bridgehead atoms. The molecule has 2 aromatic carbocycles. The van der Waals surface area contributed by atoms with E-state index >= 15 is 0 Å². The first kappa shape index (κ1) is 18.2. The van der Waals surface area contributed by atoms with Gasteiger partial charge in [-0.1, -0.05) is 12.1 Å². The Balaban J connectivity index is 1.67. The molecule has 2 aromatic rings. The molecule has 0 fully saturated rings. The van der Waals surface area contributed by atoms with E-state index < -0.39 is 35.0 Å². The third-order valence-corrected chi connectivity index (χ3v) is 4.19. The van der Waals surface area contributed by atoms with Crippen LogP contribution in [0.5, 0.6) is 0 Å². The van der Waals surface area contributed by atoms with Crippen LogP contribution in [0.4, 0.5) is 10.1 Å². The molecular formula is C18H14FN3O5. The number of benzene rings is 2. The Kier molecular flexibility index (Phi) is 4.68. The average molecular weight is 371 g/mol. The molecule has 3 rings (SSSR count). The number of aryl methyl sites for hydroxylation is 1. The van der Waals surface area contributed by atoms with E-state index in [1.165, 1.54) is 12.1 Å². The van der Waals surface area contributed by atoms with Crippen molar-refractivity contribution in [2.75, 3.05) is 6.54 Å². The first-order valence-electron chi connectivity index (χ1n) is 7.94. The van der Waals surface area contributed by atoms with Gasteiger partial charge in [0.1, 0.15) is 12.4 Å². The van der Waals surface area contributed by atoms with E-state index in [4.69, 9.17) is 0 Å². The number of hydrogen-bond acceptors (Lipinski definition) is 5. The van der Waals surface area contributed by atoms with Gasteiger partial charge in [0.25, 0.3) is 17.5 Å². The van der Waals surface area contributed by atoms with Crippen molar-refractivity contribution in [2.24, 2.45) is 0 Å². The largest absolute Gasteiger partial charge is 0.350 e. The van der Waals surface area contributed by atoms with Gasteiger partial charge in [-0.2, -0.15) is 0 Å². The first-order valence-corrected chi connectivity index (χ1v) is 7.94. The Morgan fingerprint density at radius 2 is 1.85 bits per heavy atom. The number of rotatable bonds is 5. The van der Waals surface area contributed by atoms with Gasteiger partial charge in [-0.25, -0.2) is 4.39 Å². The smallest absolute Gasteiger partial charge is 0.270 e. The molecule has 0 saturated heterocycles. The van der Waals surface area contributed by atoms with Crippen molar-refractivity contribution in [1.29, 1.82) is 0 Å². The van der Waals surface area contributed by atoms with Crippen LogP contribution in [0, 0.1) is 22.9 Å². The zero-order valence-electron chi connectivity index (χ0n) is 14.2. The fourth-order valence-corrected chi connectivity index (χ4v) is 2.68. The average Bonchev–Trinajstić information content (AvgIpc) is 2.87. The van der Waals surface area contributed by atoms with Crippen molar-refractivity contribution >= 4 is 23.4 Å². The van der Waals surface area contributed by atoms with Crippen LogP contribution in [0.3, 0.4) is 0 Å². The van der Waals surface area contributed by atoms with Gasteiger partial charge in [-0.15, -0.1) is 0 Å². The predicted molar refractivity (Wildman–Crippen MR) is 91.4 cm³/mol. The highest BCUT2D eigenvalue weighted by molar-refractivity contribution is 6.22. The molecular weight excluding hydrogens is 357 g/mol. The molecule has 0 aromatic heterocycles. The lowest BCUT2D eigenvalue weighted by atomic mass is 10.1. The van der Waals surface area contributed by atoms with E-state index in [0.717, 1.165) is 17.0 Å². The quantitative estimate of drug-likeness (QED) is 0.491. The lowest BCUT2D eigenvalue weighted by molar-refractivity contribution is -0.384. The highest BCUT2D eigenvalue weighted by atomic mass is 19.1. The molecule has 0 atom stereocenters. The second-order valence-corrected chi connectivity index (χ2v) is 6.04. The Hall–Kier alpha value is -3.62.